The Bertz CT molecular complexity index is 1200. The Morgan fingerprint density at radius 2 is 1.00 bits per heavy atom. The predicted molar refractivity (Wildman–Crippen MR) is 213 cm³/mol. The van der Waals surface area contributed by atoms with Crippen molar-refractivity contribution >= 4 is 103 Å². The second-order valence-corrected chi connectivity index (χ2v) is 16.5. The van der Waals surface area contributed by atoms with Crippen LogP contribution in [0.2, 0.25) is 0 Å². The van der Waals surface area contributed by atoms with Crippen molar-refractivity contribution in [3.8, 4) is 0 Å². The van der Waals surface area contributed by atoms with Gasteiger partial charge in [-0.15, -0.1) is 0 Å². The molecule has 48 heavy (non-hydrogen) atoms. The maximum absolute atomic E-state index is 9.15. The maximum atomic E-state index is 9.15. The van der Waals surface area contributed by atoms with Crippen molar-refractivity contribution in [1.29, 1.82) is 0 Å². The van der Waals surface area contributed by atoms with Crippen molar-refractivity contribution in [1.82, 2.24) is 0 Å². The predicted octanol–water partition coefficient (Wildman–Crippen LogP) is 3.43. The molecule has 3 aromatic rings. The third kappa shape index (κ3) is 22.4. The zero-order valence-corrected chi connectivity index (χ0v) is 32.3. The van der Waals surface area contributed by atoms with Gasteiger partial charge in [0.05, 0.1) is 19.8 Å². The third-order valence-electron chi connectivity index (χ3n) is 5.54. The van der Waals surface area contributed by atoms with E-state index < -0.39 is 21.4 Å². The minimum atomic E-state index is -1.41. The lowest BCUT2D eigenvalue weighted by atomic mass is 9.80. The third-order valence-corrected chi connectivity index (χ3v) is 12.6. The molecule has 0 fully saturated rings. The molecule has 0 unspecified atom stereocenters. The molecular formula is C30H45B3O9S6. The molecule has 18 heteroatoms. The maximum Gasteiger partial charge on any atom is 0.489 e. The van der Waals surface area contributed by atoms with E-state index in [0.29, 0.717) is 16.4 Å². The summed E-state index contributed by atoms with van der Waals surface area (Å²) in [5.41, 5.74) is 1.59. The van der Waals surface area contributed by atoms with Crippen molar-refractivity contribution in [2.75, 3.05) is 56.9 Å². The number of hydrogen-bond acceptors (Lipinski definition) is 15. The summed E-state index contributed by atoms with van der Waals surface area (Å²) in [4.78, 5) is 3.01. The monoisotopic (exact) mass is 774 g/mol. The molecule has 0 heterocycles. The zero-order chi connectivity index (χ0) is 35.4. The summed E-state index contributed by atoms with van der Waals surface area (Å²) >= 11 is 0. The topological polar surface area (TPSA) is 149 Å². The van der Waals surface area contributed by atoms with Gasteiger partial charge in [-0.1, -0.05) is 107 Å². The van der Waals surface area contributed by atoms with Crippen LogP contribution in [0.5, 0.6) is 0 Å². The Hall–Kier alpha value is -0.405. The minimum Gasteiger partial charge on any atom is -0.423 e. The van der Waals surface area contributed by atoms with Crippen LogP contribution in [0.1, 0.15) is 20.8 Å². The summed E-state index contributed by atoms with van der Waals surface area (Å²) in [7, 11) is 5.71. The minimum absolute atomic E-state index is 0.517. The van der Waals surface area contributed by atoms with Crippen LogP contribution in [0.25, 0.3) is 0 Å². The molecule has 0 spiro atoms. The molecule has 9 nitrogen and oxygen atoms in total. The van der Waals surface area contributed by atoms with E-state index in [2.05, 4.69) is 0 Å². The van der Waals surface area contributed by atoms with Gasteiger partial charge in [-0.3, -0.25) is 0 Å². The Labute approximate surface area is 310 Å². The molecule has 0 saturated carbocycles. The van der Waals surface area contributed by atoms with Gasteiger partial charge in [0.2, 0.25) is 0 Å². The summed E-state index contributed by atoms with van der Waals surface area (Å²) in [5.74, 6) is 2.75. The van der Waals surface area contributed by atoms with E-state index >= 15 is 0 Å². The van der Waals surface area contributed by atoms with Crippen molar-refractivity contribution in [3.63, 3.8) is 0 Å². The second-order valence-electron chi connectivity index (χ2n) is 9.11. The van der Waals surface area contributed by atoms with Crippen molar-refractivity contribution in [3.05, 3.63) is 72.8 Å². The van der Waals surface area contributed by atoms with Gasteiger partial charge in [-0.2, -0.15) is 0 Å². The van der Waals surface area contributed by atoms with E-state index in [9.17, 15) is 0 Å². The first-order valence-electron chi connectivity index (χ1n) is 15.2. The van der Waals surface area contributed by atoms with Crippen molar-refractivity contribution in [2.24, 2.45) is 0 Å². The molecule has 6 N–H and O–H groups in total. The van der Waals surface area contributed by atoms with Gasteiger partial charge in [0.15, 0.2) is 0 Å². The molecule has 0 radical (unpaired) electrons. The van der Waals surface area contributed by atoms with E-state index in [1.54, 1.807) is 101 Å². The number of benzene rings is 3. The highest BCUT2D eigenvalue weighted by Crippen LogP contribution is 2.31. The lowest BCUT2D eigenvalue weighted by Crippen LogP contribution is -2.31. The van der Waals surface area contributed by atoms with Gasteiger partial charge in [-0.25, -0.2) is 0 Å². The highest BCUT2D eigenvalue weighted by molar-refractivity contribution is 8.77. The van der Waals surface area contributed by atoms with Crippen LogP contribution in [-0.2, 0) is 14.2 Å². The molecule has 0 aliphatic rings. The first-order chi connectivity index (χ1) is 23.2. The highest BCUT2D eigenvalue weighted by atomic mass is 33.1. The van der Waals surface area contributed by atoms with Crippen LogP contribution in [0, 0.1) is 0 Å². The first-order valence-corrected chi connectivity index (χ1v) is 22.2. The molecule has 0 aliphatic heterocycles. The molecule has 264 valence electrons. The molecule has 0 bridgehead atoms. The standard InChI is InChI=1S/3C10H15BO3S2/c1-2-14-7-8-15-16-10-5-3-9(4-6-10)11(12)13;1-2-14-6-7-15-16-10-5-3-4-9(8-10)11(12)13;1-2-14-7-8-15-16-10-6-4-3-5-9(10)11(12)13/h3-6,12-13H,2,7-8H2,1H3;3-5,8,12-13H,2,6-7H2,1H3;3-6,12-13H,2,7-8H2,1H3. The Morgan fingerprint density at radius 1 is 0.500 bits per heavy atom. The Morgan fingerprint density at radius 3 is 1.50 bits per heavy atom. The summed E-state index contributed by atoms with van der Waals surface area (Å²) in [6.45, 7) is 10.4. The van der Waals surface area contributed by atoms with Crippen LogP contribution in [0.3, 0.4) is 0 Å². The molecule has 0 saturated heterocycles. The molecule has 0 aliphatic carbocycles. The smallest absolute Gasteiger partial charge is 0.423 e. The van der Waals surface area contributed by atoms with E-state index in [1.807, 2.05) is 57.2 Å². The quantitative estimate of drug-likeness (QED) is 0.0533. The molecule has 0 aromatic heterocycles. The van der Waals surface area contributed by atoms with Crippen LogP contribution < -0.4 is 16.4 Å². The fourth-order valence-corrected chi connectivity index (χ4v) is 9.06. The van der Waals surface area contributed by atoms with Crippen LogP contribution >= 0.6 is 64.8 Å². The van der Waals surface area contributed by atoms with E-state index in [0.717, 1.165) is 71.6 Å². The van der Waals surface area contributed by atoms with E-state index in [4.69, 9.17) is 44.4 Å². The normalized spacial score (nSPS) is 10.4. The first kappa shape index (κ1) is 45.6. The van der Waals surface area contributed by atoms with Gasteiger partial charge in [0.25, 0.3) is 0 Å². The van der Waals surface area contributed by atoms with Gasteiger partial charge in [-0.05, 0) is 67.5 Å². The Kier molecular flexibility index (Phi) is 28.7. The van der Waals surface area contributed by atoms with Gasteiger partial charge < -0.3 is 44.4 Å². The van der Waals surface area contributed by atoms with E-state index in [1.165, 1.54) is 0 Å². The molecule has 0 atom stereocenters. The zero-order valence-electron chi connectivity index (χ0n) is 27.4. The Balaban J connectivity index is 0.000000360. The SMILES string of the molecule is CCOCCSSc1ccc(B(O)O)cc1.CCOCCSSc1cccc(B(O)O)c1.CCOCCSSc1ccccc1B(O)O. The fourth-order valence-electron chi connectivity index (χ4n) is 3.23. The molecule has 3 aromatic carbocycles. The van der Waals surface area contributed by atoms with Crippen molar-refractivity contribution in [2.45, 2.75) is 35.5 Å². The average molecular weight is 775 g/mol. The summed E-state index contributed by atoms with van der Waals surface area (Å²) < 4.78 is 15.7. The van der Waals surface area contributed by atoms with Gasteiger partial charge in [0.1, 0.15) is 0 Å². The van der Waals surface area contributed by atoms with Gasteiger partial charge in [0, 0.05) is 51.8 Å². The van der Waals surface area contributed by atoms with Crippen LogP contribution in [0.4, 0.5) is 0 Å². The molecule has 3 rings (SSSR count). The van der Waals surface area contributed by atoms with E-state index in [-0.39, 0.29) is 0 Å². The second kappa shape index (κ2) is 30.2. The lowest BCUT2D eigenvalue weighted by molar-refractivity contribution is 0.164. The summed E-state index contributed by atoms with van der Waals surface area (Å²) in [5, 5.41) is 54.2. The average Bonchev–Trinajstić information content (AvgIpc) is 3.09. The van der Waals surface area contributed by atoms with Crippen molar-refractivity contribution < 1.29 is 44.4 Å². The number of hydrogen-bond donors (Lipinski definition) is 6. The lowest BCUT2D eigenvalue weighted by Gasteiger charge is -2.07. The number of ether oxygens (including phenoxy) is 3. The van der Waals surface area contributed by atoms with Crippen LogP contribution in [0.15, 0.2) is 87.5 Å². The summed E-state index contributed by atoms with van der Waals surface area (Å²) in [6.07, 6.45) is 0. The van der Waals surface area contributed by atoms with Crippen LogP contribution in [-0.4, -0.2) is 108 Å². The van der Waals surface area contributed by atoms with Gasteiger partial charge >= 0.3 is 21.4 Å². The molecule has 0 amide bonds. The highest BCUT2D eigenvalue weighted by Gasteiger charge is 2.15. The summed E-state index contributed by atoms with van der Waals surface area (Å²) in [6, 6.07) is 21.7. The number of rotatable bonds is 21. The fraction of sp³-hybridized carbons (Fsp3) is 0.400. The largest absolute Gasteiger partial charge is 0.489 e. The molecular weight excluding hydrogens is 729 g/mol.